The smallest absolute Gasteiger partial charge is 0.127 e. The van der Waals surface area contributed by atoms with E-state index in [9.17, 15) is 0 Å². The second kappa shape index (κ2) is 8.69. The van der Waals surface area contributed by atoms with Crippen LogP contribution in [0.25, 0.3) is 0 Å². The van der Waals surface area contributed by atoms with Crippen molar-refractivity contribution in [3.05, 3.63) is 53.1 Å². The number of thiocarbonyl (C=S) groups is 1. The number of aryl methyl sites for hydroxylation is 2. The summed E-state index contributed by atoms with van der Waals surface area (Å²) in [6.45, 7) is 9.18. The highest BCUT2D eigenvalue weighted by molar-refractivity contribution is 7.80. The first kappa shape index (κ1) is 18.3. The Bertz CT molecular complexity index is 713. The molecule has 0 spiro atoms. The van der Waals surface area contributed by atoms with Crippen LogP contribution in [0, 0.1) is 13.8 Å². The molecular formula is C20H25NO2S. The fourth-order valence-corrected chi connectivity index (χ4v) is 2.58. The lowest BCUT2D eigenvalue weighted by molar-refractivity contribution is 0.285. The molecule has 0 amide bonds. The maximum Gasteiger partial charge on any atom is 0.127 e. The van der Waals surface area contributed by atoms with Gasteiger partial charge in [0.1, 0.15) is 18.1 Å². The standard InChI is InChI=1S/C20H25NO2S/c1-5-20(24)21-17-8-7-9-19(22-6-2)16(17)13-23-18-11-10-14(3)12-15(18)4/h7-12H,5-6,13H2,1-4H3,(H,21,24). The van der Waals surface area contributed by atoms with Crippen molar-refractivity contribution in [3.8, 4) is 11.5 Å². The number of benzene rings is 2. The average molecular weight is 343 g/mol. The summed E-state index contributed by atoms with van der Waals surface area (Å²) in [6, 6.07) is 12.1. The molecule has 0 saturated heterocycles. The van der Waals surface area contributed by atoms with E-state index in [-0.39, 0.29) is 0 Å². The summed E-state index contributed by atoms with van der Waals surface area (Å²) < 4.78 is 11.8. The molecule has 1 N–H and O–H groups in total. The SMILES string of the molecule is CCOc1cccc(NC(=S)CC)c1COc1ccc(C)cc1C. The molecule has 3 nitrogen and oxygen atoms in total. The van der Waals surface area contributed by atoms with Gasteiger partial charge in [-0.1, -0.05) is 42.9 Å². The Hall–Kier alpha value is -2.07. The number of hydrogen-bond acceptors (Lipinski definition) is 3. The predicted octanol–water partition coefficient (Wildman–Crippen LogP) is 5.43. The second-order valence-electron chi connectivity index (χ2n) is 5.67. The van der Waals surface area contributed by atoms with Gasteiger partial charge in [0, 0.05) is 5.69 Å². The quantitative estimate of drug-likeness (QED) is 0.679. The Morgan fingerprint density at radius 1 is 1.04 bits per heavy atom. The van der Waals surface area contributed by atoms with Crippen molar-refractivity contribution in [2.24, 2.45) is 0 Å². The highest BCUT2D eigenvalue weighted by Gasteiger charge is 2.12. The zero-order valence-corrected chi connectivity index (χ0v) is 15.6. The van der Waals surface area contributed by atoms with Crippen molar-refractivity contribution in [3.63, 3.8) is 0 Å². The van der Waals surface area contributed by atoms with Crippen molar-refractivity contribution in [2.45, 2.75) is 40.7 Å². The van der Waals surface area contributed by atoms with E-state index < -0.39 is 0 Å². The van der Waals surface area contributed by atoms with Crippen LogP contribution in [-0.4, -0.2) is 11.6 Å². The average Bonchev–Trinajstić information content (AvgIpc) is 2.56. The molecule has 0 aliphatic carbocycles. The molecule has 0 unspecified atom stereocenters. The van der Waals surface area contributed by atoms with Crippen LogP contribution in [0.4, 0.5) is 5.69 Å². The van der Waals surface area contributed by atoms with E-state index in [1.807, 2.05) is 38.1 Å². The van der Waals surface area contributed by atoms with Crippen LogP contribution >= 0.6 is 12.2 Å². The summed E-state index contributed by atoms with van der Waals surface area (Å²) >= 11 is 5.32. The van der Waals surface area contributed by atoms with Gasteiger partial charge in [-0.25, -0.2) is 0 Å². The van der Waals surface area contributed by atoms with Gasteiger partial charge in [-0.3, -0.25) is 0 Å². The van der Waals surface area contributed by atoms with Crippen LogP contribution in [0.5, 0.6) is 11.5 Å². The summed E-state index contributed by atoms with van der Waals surface area (Å²) in [5, 5.41) is 3.29. The third-order valence-electron chi connectivity index (χ3n) is 3.73. The first-order valence-corrected chi connectivity index (χ1v) is 8.70. The topological polar surface area (TPSA) is 30.5 Å². The van der Waals surface area contributed by atoms with E-state index in [4.69, 9.17) is 21.7 Å². The van der Waals surface area contributed by atoms with Gasteiger partial charge in [0.25, 0.3) is 0 Å². The maximum atomic E-state index is 6.06. The Labute approximate surface area is 150 Å². The first-order valence-electron chi connectivity index (χ1n) is 8.29. The minimum absolute atomic E-state index is 0.425. The molecule has 0 fully saturated rings. The van der Waals surface area contributed by atoms with E-state index in [0.29, 0.717) is 13.2 Å². The lowest BCUT2D eigenvalue weighted by atomic mass is 10.1. The van der Waals surface area contributed by atoms with E-state index in [1.54, 1.807) is 0 Å². The highest BCUT2D eigenvalue weighted by Crippen LogP contribution is 2.29. The molecular weight excluding hydrogens is 318 g/mol. The van der Waals surface area contributed by atoms with Crippen LogP contribution in [0.1, 0.15) is 37.0 Å². The number of rotatable bonds is 7. The molecule has 0 bridgehead atoms. The van der Waals surface area contributed by atoms with Gasteiger partial charge in [0.15, 0.2) is 0 Å². The molecule has 0 atom stereocenters. The summed E-state index contributed by atoms with van der Waals surface area (Å²) in [4.78, 5) is 0.802. The van der Waals surface area contributed by atoms with Gasteiger partial charge in [0.2, 0.25) is 0 Å². The van der Waals surface area contributed by atoms with Gasteiger partial charge in [0.05, 0.1) is 17.2 Å². The van der Waals surface area contributed by atoms with Crippen molar-refractivity contribution >= 4 is 22.9 Å². The van der Waals surface area contributed by atoms with Crippen LogP contribution < -0.4 is 14.8 Å². The molecule has 0 aliphatic heterocycles. The van der Waals surface area contributed by atoms with E-state index >= 15 is 0 Å². The summed E-state index contributed by atoms with van der Waals surface area (Å²) in [7, 11) is 0. The van der Waals surface area contributed by atoms with E-state index in [0.717, 1.165) is 39.7 Å². The fraction of sp³-hybridized carbons (Fsp3) is 0.350. The number of anilines is 1. The monoisotopic (exact) mass is 343 g/mol. The third-order valence-corrected chi connectivity index (χ3v) is 4.12. The summed E-state index contributed by atoms with van der Waals surface area (Å²) in [6.07, 6.45) is 0.797. The van der Waals surface area contributed by atoms with Crippen molar-refractivity contribution in [2.75, 3.05) is 11.9 Å². The summed E-state index contributed by atoms with van der Waals surface area (Å²) in [5.41, 5.74) is 4.28. The van der Waals surface area contributed by atoms with Gasteiger partial charge < -0.3 is 14.8 Å². The minimum Gasteiger partial charge on any atom is -0.493 e. The molecule has 128 valence electrons. The van der Waals surface area contributed by atoms with Crippen molar-refractivity contribution < 1.29 is 9.47 Å². The fourth-order valence-electron chi connectivity index (χ4n) is 2.47. The van der Waals surface area contributed by atoms with E-state index in [2.05, 4.69) is 31.3 Å². The molecule has 0 heterocycles. The Balaban J connectivity index is 2.26. The number of hydrogen-bond donors (Lipinski definition) is 1. The second-order valence-corrected chi connectivity index (χ2v) is 6.17. The number of nitrogens with one attached hydrogen (secondary N) is 1. The Kier molecular flexibility index (Phi) is 6.62. The predicted molar refractivity (Wildman–Crippen MR) is 104 cm³/mol. The molecule has 4 heteroatoms. The van der Waals surface area contributed by atoms with Crippen molar-refractivity contribution in [1.82, 2.24) is 0 Å². The number of ether oxygens (including phenoxy) is 2. The lowest BCUT2D eigenvalue weighted by Crippen LogP contribution is -2.11. The third kappa shape index (κ3) is 4.71. The molecule has 2 rings (SSSR count). The van der Waals surface area contributed by atoms with Crippen LogP contribution in [0.3, 0.4) is 0 Å². The zero-order valence-electron chi connectivity index (χ0n) is 14.8. The van der Waals surface area contributed by atoms with Crippen LogP contribution in [0.2, 0.25) is 0 Å². The molecule has 0 aliphatic rings. The molecule has 2 aromatic rings. The van der Waals surface area contributed by atoms with Gasteiger partial charge in [-0.15, -0.1) is 0 Å². The van der Waals surface area contributed by atoms with Crippen LogP contribution in [-0.2, 0) is 6.61 Å². The largest absolute Gasteiger partial charge is 0.493 e. The molecule has 0 radical (unpaired) electrons. The maximum absolute atomic E-state index is 6.06. The minimum atomic E-state index is 0.425. The lowest BCUT2D eigenvalue weighted by Gasteiger charge is -2.18. The van der Waals surface area contributed by atoms with Gasteiger partial charge in [-0.05, 0) is 51.0 Å². The van der Waals surface area contributed by atoms with Crippen molar-refractivity contribution in [1.29, 1.82) is 0 Å². The van der Waals surface area contributed by atoms with Gasteiger partial charge >= 0.3 is 0 Å². The zero-order chi connectivity index (χ0) is 17.5. The molecule has 0 saturated carbocycles. The highest BCUT2D eigenvalue weighted by atomic mass is 32.1. The molecule has 2 aromatic carbocycles. The van der Waals surface area contributed by atoms with E-state index in [1.165, 1.54) is 5.56 Å². The Morgan fingerprint density at radius 2 is 1.83 bits per heavy atom. The first-order chi connectivity index (χ1) is 11.5. The van der Waals surface area contributed by atoms with Crippen LogP contribution in [0.15, 0.2) is 36.4 Å². The molecule has 24 heavy (non-hydrogen) atoms. The summed E-state index contributed by atoms with van der Waals surface area (Å²) in [5.74, 6) is 1.71. The van der Waals surface area contributed by atoms with Gasteiger partial charge in [-0.2, -0.15) is 0 Å². The Morgan fingerprint density at radius 3 is 2.50 bits per heavy atom. The molecule has 0 aromatic heterocycles. The normalized spacial score (nSPS) is 10.3.